The van der Waals surface area contributed by atoms with Crippen molar-refractivity contribution in [3.63, 3.8) is 0 Å². The third-order valence-corrected chi connectivity index (χ3v) is 3.17. The molecule has 0 bridgehead atoms. The summed E-state index contributed by atoms with van der Waals surface area (Å²) < 4.78 is 0. The number of carbonyl (C=O) groups is 2. The molecule has 0 spiro atoms. The third-order valence-electron chi connectivity index (χ3n) is 3.17. The molecule has 1 fully saturated rings. The van der Waals surface area contributed by atoms with Crippen LogP contribution >= 0.6 is 0 Å². The molecule has 1 N–H and O–H groups in total. The van der Waals surface area contributed by atoms with E-state index in [1.807, 2.05) is 43.3 Å². The van der Waals surface area contributed by atoms with Crippen molar-refractivity contribution in [2.24, 2.45) is 0 Å². The molecule has 1 aromatic rings. The topological polar surface area (TPSA) is 57.6 Å². The Morgan fingerprint density at radius 2 is 1.86 bits per heavy atom. The second kappa shape index (κ2) is 6.22. The average Bonchev–Trinajstić information content (AvgIpc) is 2.71. The van der Waals surface area contributed by atoms with Crippen LogP contribution in [0.1, 0.15) is 12.5 Å². The molecule has 21 heavy (non-hydrogen) atoms. The van der Waals surface area contributed by atoms with Crippen LogP contribution < -0.4 is 0 Å². The van der Waals surface area contributed by atoms with Crippen molar-refractivity contribution in [3.8, 4) is 0 Å². The number of aliphatic hydroxyl groups excluding tert-OH is 1. The molecule has 4 heteroatoms. The number of hydrogen-bond acceptors (Lipinski definition) is 3. The molecule has 1 amide bonds. The van der Waals surface area contributed by atoms with Crippen LogP contribution in [0.5, 0.6) is 0 Å². The second-order valence-corrected chi connectivity index (χ2v) is 4.98. The van der Waals surface area contributed by atoms with Crippen LogP contribution in [0.25, 0.3) is 6.08 Å². The van der Waals surface area contributed by atoms with Gasteiger partial charge in [0.2, 0.25) is 0 Å². The van der Waals surface area contributed by atoms with Gasteiger partial charge in [0.05, 0.1) is 6.54 Å². The Labute approximate surface area is 123 Å². The van der Waals surface area contributed by atoms with Crippen LogP contribution in [-0.4, -0.2) is 35.3 Å². The van der Waals surface area contributed by atoms with Gasteiger partial charge < -0.3 is 10.0 Å². The number of rotatable bonds is 3. The maximum Gasteiger partial charge on any atom is 0.261 e. The van der Waals surface area contributed by atoms with E-state index in [0.29, 0.717) is 0 Å². The molecule has 108 valence electrons. The highest BCUT2D eigenvalue weighted by molar-refractivity contribution is 6.25. The van der Waals surface area contributed by atoms with Crippen molar-refractivity contribution in [1.82, 2.24) is 4.90 Å². The molecular formula is C17H17NO3. The number of aliphatic hydroxyl groups is 1. The lowest BCUT2D eigenvalue weighted by Crippen LogP contribution is -2.19. The minimum atomic E-state index is -0.438. The van der Waals surface area contributed by atoms with E-state index in [0.717, 1.165) is 11.1 Å². The predicted octanol–water partition coefficient (Wildman–Crippen LogP) is 2.50. The lowest BCUT2D eigenvalue weighted by Gasteiger charge is -2.03. The first kappa shape index (κ1) is 14.8. The van der Waals surface area contributed by atoms with E-state index in [-0.39, 0.29) is 23.7 Å². The first-order chi connectivity index (χ1) is 9.99. The molecule has 0 unspecified atom stereocenters. The van der Waals surface area contributed by atoms with E-state index >= 15 is 0 Å². The highest BCUT2D eigenvalue weighted by atomic mass is 16.3. The maximum atomic E-state index is 11.7. The molecule has 1 aliphatic heterocycles. The van der Waals surface area contributed by atoms with Crippen molar-refractivity contribution in [1.29, 1.82) is 0 Å². The Morgan fingerprint density at radius 1 is 1.19 bits per heavy atom. The van der Waals surface area contributed by atoms with Gasteiger partial charge in [-0.25, -0.2) is 0 Å². The molecule has 0 radical (unpaired) electrons. The van der Waals surface area contributed by atoms with Gasteiger partial charge in [-0.05, 0) is 18.6 Å². The number of likely N-dealkylation sites (tertiary alicyclic amines) is 1. The minimum absolute atomic E-state index is 0.0188. The molecule has 4 nitrogen and oxygen atoms in total. The lowest BCUT2D eigenvalue weighted by molar-refractivity contribution is -0.123. The van der Waals surface area contributed by atoms with E-state index in [9.17, 15) is 14.7 Å². The summed E-state index contributed by atoms with van der Waals surface area (Å²) in [5.74, 6) is -1.07. The molecule has 1 saturated heterocycles. The molecule has 0 aromatic heterocycles. The van der Waals surface area contributed by atoms with Gasteiger partial charge in [0.1, 0.15) is 11.3 Å². The monoisotopic (exact) mass is 283 g/mol. The van der Waals surface area contributed by atoms with Gasteiger partial charge in [-0.15, -0.1) is 0 Å². The van der Waals surface area contributed by atoms with Crippen molar-refractivity contribution < 1.29 is 14.7 Å². The number of Topliss-reactive ketones (excluding diaryl/α,β-unsaturated/α-hetero) is 1. The third kappa shape index (κ3) is 3.48. The molecule has 0 saturated carbocycles. The van der Waals surface area contributed by atoms with Gasteiger partial charge in [0.15, 0.2) is 5.78 Å². The van der Waals surface area contributed by atoms with Gasteiger partial charge in [-0.1, -0.05) is 48.1 Å². The minimum Gasteiger partial charge on any atom is -0.507 e. The van der Waals surface area contributed by atoms with Crippen LogP contribution in [0.4, 0.5) is 0 Å². The van der Waals surface area contributed by atoms with Crippen molar-refractivity contribution >= 4 is 17.8 Å². The molecular weight excluding hydrogens is 266 g/mol. The number of ketones is 1. The second-order valence-electron chi connectivity index (χ2n) is 4.98. The van der Waals surface area contributed by atoms with Crippen molar-refractivity contribution in [3.05, 3.63) is 65.0 Å². The Balaban J connectivity index is 2.19. The zero-order valence-corrected chi connectivity index (χ0v) is 12.0. The molecule has 2 rings (SSSR count). The zero-order chi connectivity index (χ0) is 15.4. The largest absolute Gasteiger partial charge is 0.507 e. The molecule has 0 atom stereocenters. The van der Waals surface area contributed by atoms with E-state index in [1.54, 1.807) is 6.08 Å². The first-order valence-electron chi connectivity index (χ1n) is 6.62. The summed E-state index contributed by atoms with van der Waals surface area (Å²) in [7, 11) is 1.53. The predicted molar refractivity (Wildman–Crippen MR) is 81.5 cm³/mol. The van der Waals surface area contributed by atoms with Crippen LogP contribution in [0.15, 0.2) is 59.4 Å². The fourth-order valence-corrected chi connectivity index (χ4v) is 2.08. The molecule has 1 aromatic carbocycles. The maximum absolute atomic E-state index is 11.7. The number of likely N-dealkylation sites (N-methyl/N-ethyl adjacent to an activating group) is 1. The number of carbonyl (C=O) groups excluding carboxylic acids is 2. The van der Waals surface area contributed by atoms with E-state index in [2.05, 4.69) is 0 Å². The van der Waals surface area contributed by atoms with Crippen LogP contribution in [-0.2, 0) is 9.59 Å². The van der Waals surface area contributed by atoms with Gasteiger partial charge >= 0.3 is 0 Å². The Hall–Kier alpha value is -2.62. The summed E-state index contributed by atoms with van der Waals surface area (Å²) in [5.41, 5.74) is 1.81. The van der Waals surface area contributed by atoms with E-state index in [4.69, 9.17) is 0 Å². The van der Waals surface area contributed by atoms with Gasteiger partial charge in [0.25, 0.3) is 5.91 Å². The van der Waals surface area contributed by atoms with Crippen LogP contribution in [0.2, 0.25) is 0 Å². The van der Waals surface area contributed by atoms with Gasteiger partial charge in [-0.2, -0.15) is 0 Å². The fraction of sp³-hybridized carbons (Fsp3) is 0.176. The zero-order valence-electron chi connectivity index (χ0n) is 12.0. The number of nitrogens with zero attached hydrogens (tertiary/aromatic N) is 1. The van der Waals surface area contributed by atoms with Crippen LogP contribution in [0, 0.1) is 0 Å². The Kier molecular flexibility index (Phi) is 4.38. The summed E-state index contributed by atoms with van der Waals surface area (Å²) >= 11 is 0. The van der Waals surface area contributed by atoms with Crippen molar-refractivity contribution in [2.75, 3.05) is 13.6 Å². The highest BCUT2D eigenvalue weighted by Gasteiger charge is 2.33. The smallest absolute Gasteiger partial charge is 0.261 e. The summed E-state index contributed by atoms with van der Waals surface area (Å²) in [6.45, 7) is 1.90. The SMILES string of the molecule is CC(/C=C/C(O)=C1C(=O)CN(C)C1=O)=C\c1ccccc1. The van der Waals surface area contributed by atoms with E-state index in [1.165, 1.54) is 18.0 Å². The molecule has 0 aliphatic carbocycles. The van der Waals surface area contributed by atoms with Crippen LogP contribution in [0.3, 0.4) is 0 Å². The number of allylic oxidation sites excluding steroid dienone is 3. The summed E-state index contributed by atoms with van der Waals surface area (Å²) in [6.07, 6.45) is 5.01. The van der Waals surface area contributed by atoms with Gasteiger partial charge in [-0.3, -0.25) is 9.59 Å². The average molecular weight is 283 g/mol. The summed E-state index contributed by atoms with van der Waals surface area (Å²) in [5, 5.41) is 9.92. The number of hydrogen-bond donors (Lipinski definition) is 1. The Morgan fingerprint density at radius 3 is 2.43 bits per heavy atom. The fourth-order valence-electron chi connectivity index (χ4n) is 2.08. The summed E-state index contributed by atoms with van der Waals surface area (Å²) in [6, 6.07) is 9.75. The quantitative estimate of drug-likeness (QED) is 0.401. The lowest BCUT2D eigenvalue weighted by atomic mass is 10.1. The molecule has 1 heterocycles. The number of amides is 1. The highest BCUT2D eigenvalue weighted by Crippen LogP contribution is 2.16. The number of benzene rings is 1. The standard InChI is InChI=1S/C17H17NO3/c1-12(10-13-6-4-3-5-7-13)8-9-14(19)16-15(20)11-18(2)17(16)21/h3-10,19H,11H2,1-2H3/b9-8+,12-10+,16-14?. The molecule has 1 aliphatic rings. The van der Waals surface area contributed by atoms with Crippen molar-refractivity contribution in [2.45, 2.75) is 6.92 Å². The van der Waals surface area contributed by atoms with Gasteiger partial charge in [0, 0.05) is 7.05 Å². The first-order valence-corrected chi connectivity index (χ1v) is 6.62. The normalized spacial score (nSPS) is 18.8. The van der Waals surface area contributed by atoms with E-state index < -0.39 is 5.91 Å². The summed E-state index contributed by atoms with van der Waals surface area (Å²) in [4.78, 5) is 24.7. The Bertz CT molecular complexity index is 654.